The van der Waals surface area contributed by atoms with Crippen LogP contribution < -0.4 is 0 Å². The van der Waals surface area contributed by atoms with E-state index in [1.807, 2.05) is 0 Å². The minimum absolute atomic E-state index is 0.00745. The Balaban J connectivity index is 2.28. The standard InChI is InChI=1S/C17H24FNO3S/c1-4-11-23(21,22)13(3)17(20)19(14-9-10-14)12(2)15-7-5-6-8-16(15)18/h5-8,12-14H,4,9-11H2,1-3H3/t12-,13+/m0/s1. The van der Waals surface area contributed by atoms with Crippen LogP contribution in [0.2, 0.25) is 0 Å². The number of halogens is 1. The summed E-state index contributed by atoms with van der Waals surface area (Å²) in [5.41, 5.74) is 0.424. The van der Waals surface area contributed by atoms with Gasteiger partial charge in [-0.25, -0.2) is 12.8 Å². The van der Waals surface area contributed by atoms with Crippen LogP contribution in [0, 0.1) is 5.82 Å². The summed E-state index contributed by atoms with van der Waals surface area (Å²) in [7, 11) is -3.47. The molecule has 2 atom stereocenters. The van der Waals surface area contributed by atoms with Crippen molar-refractivity contribution in [2.75, 3.05) is 5.75 Å². The van der Waals surface area contributed by atoms with Crippen LogP contribution in [0.25, 0.3) is 0 Å². The van der Waals surface area contributed by atoms with Crippen molar-refractivity contribution in [3.05, 3.63) is 35.6 Å². The average Bonchev–Trinajstić information content (AvgIpc) is 3.31. The molecule has 1 amide bonds. The maximum atomic E-state index is 14.0. The second-order valence-electron chi connectivity index (χ2n) is 6.18. The number of hydrogen-bond donors (Lipinski definition) is 0. The molecule has 128 valence electrons. The van der Waals surface area contributed by atoms with Crippen LogP contribution in [0.4, 0.5) is 4.39 Å². The van der Waals surface area contributed by atoms with Crippen molar-refractivity contribution in [3.63, 3.8) is 0 Å². The van der Waals surface area contributed by atoms with Crippen LogP contribution in [-0.2, 0) is 14.6 Å². The fourth-order valence-corrected chi connectivity index (χ4v) is 4.18. The fourth-order valence-electron chi connectivity index (χ4n) is 2.83. The first-order valence-electron chi connectivity index (χ1n) is 8.07. The third kappa shape index (κ3) is 3.91. The lowest BCUT2D eigenvalue weighted by Gasteiger charge is -2.32. The highest BCUT2D eigenvalue weighted by Crippen LogP contribution is 2.36. The zero-order valence-corrected chi connectivity index (χ0v) is 14.6. The van der Waals surface area contributed by atoms with Crippen molar-refractivity contribution in [1.29, 1.82) is 0 Å². The number of rotatable bonds is 7. The molecular formula is C17H24FNO3S. The first kappa shape index (κ1) is 17.9. The molecule has 0 saturated heterocycles. The van der Waals surface area contributed by atoms with Gasteiger partial charge in [0.2, 0.25) is 5.91 Å². The molecule has 0 spiro atoms. The topological polar surface area (TPSA) is 54.5 Å². The maximum absolute atomic E-state index is 14.0. The highest BCUT2D eigenvalue weighted by molar-refractivity contribution is 7.92. The largest absolute Gasteiger partial charge is 0.332 e. The number of benzene rings is 1. The van der Waals surface area contributed by atoms with Gasteiger partial charge >= 0.3 is 0 Å². The Bertz CT molecular complexity index is 670. The molecule has 1 aliphatic rings. The summed E-state index contributed by atoms with van der Waals surface area (Å²) in [6.07, 6.45) is 2.16. The molecule has 0 N–H and O–H groups in total. The Labute approximate surface area is 137 Å². The minimum Gasteiger partial charge on any atom is -0.332 e. The van der Waals surface area contributed by atoms with Gasteiger partial charge in [0.1, 0.15) is 11.1 Å². The van der Waals surface area contributed by atoms with Crippen LogP contribution >= 0.6 is 0 Å². The maximum Gasteiger partial charge on any atom is 0.241 e. The molecule has 1 aliphatic carbocycles. The number of nitrogens with zero attached hydrogens (tertiary/aromatic N) is 1. The third-order valence-corrected chi connectivity index (χ3v) is 6.60. The lowest BCUT2D eigenvalue weighted by molar-refractivity contribution is -0.133. The summed E-state index contributed by atoms with van der Waals surface area (Å²) in [6, 6.07) is 5.86. The fraction of sp³-hybridized carbons (Fsp3) is 0.588. The Morgan fingerprint density at radius 2 is 1.91 bits per heavy atom. The summed E-state index contributed by atoms with van der Waals surface area (Å²) >= 11 is 0. The lowest BCUT2D eigenvalue weighted by atomic mass is 10.1. The van der Waals surface area contributed by atoms with Crippen LogP contribution in [-0.4, -0.2) is 36.3 Å². The molecule has 0 heterocycles. The van der Waals surface area contributed by atoms with Crippen molar-refractivity contribution in [2.45, 2.75) is 57.4 Å². The number of sulfone groups is 1. The quantitative estimate of drug-likeness (QED) is 0.766. The molecular weight excluding hydrogens is 317 g/mol. The van der Waals surface area contributed by atoms with Gasteiger partial charge < -0.3 is 4.90 Å². The molecule has 0 aromatic heterocycles. The molecule has 4 nitrogen and oxygen atoms in total. The number of hydrogen-bond acceptors (Lipinski definition) is 3. The van der Waals surface area contributed by atoms with Crippen LogP contribution in [0.1, 0.15) is 51.6 Å². The van der Waals surface area contributed by atoms with Crippen LogP contribution in [0.15, 0.2) is 24.3 Å². The smallest absolute Gasteiger partial charge is 0.241 e. The molecule has 0 radical (unpaired) electrons. The summed E-state index contributed by atoms with van der Waals surface area (Å²) in [6.45, 7) is 4.97. The van der Waals surface area contributed by atoms with Gasteiger partial charge in [0, 0.05) is 11.6 Å². The van der Waals surface area contributed by atoms with Gasteiger partial charge in [-0.2, -0.15) is 0 Å². The second-order valence-corrected chi connectivity index (χ2v) is 8.62. The highest BCUT2D eigenvalue weighted by atomic mass is 32.2. The van der Waals surface area contributed by atoms with Crippen molar-refractivity contribution < 1.29 is 17.6 Å². The number of amides is 1. The van der Waals surface area contributed by atoms with E-state index in [0.717, 1.165) is 12.8 Å². The van der Waals surface area contributed by atoms with Gasteiger partial charge in [0.25, 0.3) is 0 Å². The lowest BCUT2D eigenvalue weighted by Crippen LogP contribution is -2.44. The predicted octanol–water partition coefficient (Wildman–Crippen LogP) is 3.09. The van der Waals surface area contributed by atoms with Crippen LogP contribution in [0.3, 0.4) is 0 Å². The molecule has 23 heavy (non-hydrogen) atoms. The van der Waals surface area contributed by atoms with E-state index in [4.69, 9.17) is 0 Å². The van der Waals surface area contributed by atoms with Gasteiger partial charge in [-0.3, -0.25) is 4.79 Å². The zero-order chi connectivity index (χ0) is 17.2. The second kappa shape index (κ2) is 6.99. The SMILES string of the molecule is CCCS(=O)(=O)[C@H](C)C(=O)N(C1CC1)[C@@H](C)c1ccccc1F. The molecule has 1 fully saturated rings. The molecule has 2 rings (SSSR count). The number of carbonyl (C=O) groups excluding carboxylic acids is 1. The van der Waals surface area contributed by atoms with Gasteiger partial charge in [0.15, 0.2) is 9.84 Å². The van der Waals surface area contributed by atoms with Crippen molar-refractivity contribution >= 4 is 15.7 Å². The zero-order valence-electron chi connectivity index (χ0n) is 13.8. The van der Waals surface area contributed by atoms with Crippen molar-refractivity contribution in [1.82, 2.24) is 4.90 Å². The Morgan fingerprint density at radius 1 is 1.30 bits per heavy atom. The normalized spacial score (nSPS) is 17.6. The summed E-state index contributed by atoms with van der Waals surface area (Å²) in [4.78, 5) is 14.4. The predicted molar refractivity (Wildman–Crippen MR) is 88.2 cm³/mol. The molecule has 0 bridgehead atoms. The van der Waals surface area contributed by atoms with E-state index in [1.165, 1.54) is 13.0 Å². The average molecular weight is 341 g/mol. The summed E-state index contributed by atoms with van der Waals surface area (Å²) < 4.78 is 38.5. The van der Waals surface area contributed by atoms with Gasteiger partial charge in [-0.15, -0.1) is 0 Å². The van der Waals surface area contributed by atoms with Gasteiger partial charge in [0.05, 0.1) is 11.8 Å². The summed E-state index contributed by atoms with van der Waals surface area (Å²) in [5, 5.41) is -1.09. The Hall–Kier alpha value is -1.43. The monoisotopic (exact) mass is 341 g/mol. The van der Waals surface area contributed by atoms with E-state index in [9.17, 15) is 17.6 Å². The first-order chi connectivity index (χ1) is 10.8. The molecule has 6 heteroatoms. The molecule has 1 aromatic carbocycles. The van der Waals surface area contributed by atoms with E-state index in [0.29, 0.717) is 12.0 Å². The van der Waals surface area contributed by atoms with E-state index in [-0.39, 0.29) is 17.6 Å². The van der Waals surface area contributed by atoms with E-state index >= 15 is 0 Å². The first-order valence-corrected chi connectivity index (χ1v) is 9.79. The van der Waals surface area contributed by atoms with Crippen LogP contribution in [0.5, 0.6) is 0 Å². The Kier molecular flexibility index (Phi) is 5.45. The summed E-state index contributed by atoms with van der Waals surface area (Å²) in [5.74, 6) is -0.800. The molecule has 0 aliphatic heterocycles. The molecule has 1 saturated carbocycles. The highest BCUT2D eigenvalue weighted by Gasteiger charge is 2.41. The Morgan fingerprint density at radius 3 is 2.43 bits per heavy atom. The van der Waals surface area contributed by atoms with E-state index in [2.05, 4.69) is 0 Å². The van der Waals surface area contributed by atoms with E-state index < -0.39 is 27.0 Å². The molecule has 0 unspecified atom stereocenters. The number of carbonyl (C=O) groups is 1. The van der Waals surface area contributed by atoms with Gasteiger partial charge in [-0.1, -0.05) is 25.1 Å². The van der Waals surface area contributed by atoms with E-state index in [1.54, 1.807) is 36.9 Å². The third-order valence-electron chi connectivity index (χ3n) is 4.34. The van der Waals surface area contributed by atoms with Crippen molar-refractivity contribution in [2.24, 2.45) is 0 Å². The minimum atomic E-state index is -3.47. The van der Waals surface area contributed by atoms with Gasteiger partial charge in [-0.05, 0) is 39.2 Å². The van der Waals surface area contributed by atoms with Crippen molar-refractivity contribution in [3.8, 4) is 0 Å². The molecule has 1 aromatic rings.